The number of amides is 1. The quantitative estimate of drug-likeness (QED) is 0.718. The van der Waals surface area contributed by atoms with E-state index in [0.29, 0.717) is 11.3 Å². The molecule has 0 aromatic heterocycles. The van der Waals surface area contributed by atoms with Gasteiger partial charge in [0.2, 0.25) is 0 Å². The van der Waals surface area contributed by atoms with Crippen LogP contribution in [-0.2, 0) is 0 Å². The first-order valence-electron chi connectivity index (χ1n) is 4.52. The van der Waals surface area contributed by atoms with Crippen LogP contribution in [0.2, 0.25) is 0 Å². The number of ether oxygens (including phenoxy) is 1. The van der Waals surface area contributed by atoms with Gasteiger partial charge in [0.1, 0.15) is 5.75 Å². The molecule has 1 aromatic rings. The minimum absolute atomic E-state index is 0.0953. The monoisotopic (exact) mass is 209 g/mol. The van der Waals surface area contributed by atoms with Crippen molar-refractivity contribution in [2.45, 2.75) is 19.6 Å². The minimum Gasteiger partial charge on any atom is -0.469 e. The van der Waals surface area contributed by atoms with Crippen molar-refractivity contribution in [1.82, 2.24) is 4.31 Å². The second-order valence-electron chi connectivity index (χ2n) is 3.13. The molecule has 1 aromatic carbocycles. The third kappa shape index (κ3) is 1.35. The fourth-order valence-electron chi connectivity index (χ4n) is 1.45. The molecule has 4 heteroatoms. The zero-order valence-electron chi connectivity index (χ0n) is 7.80. The van der Waals surface area contributed by atoms with Crippen LogP contribution in [-0.4, -0.2) is 16.4 Å². The number of fused-ring (bicyclic) bond motifs is 1. The van der Waals surface area contributed by atoms with Gasteiger partial charge in [0, 0.05) is 6.42 Å². The highest BCUT2D eigenvalue weighted by Gasteiger charge is 2.30. The van der Waals surface area contributed by atoms with Gasteiger partial charge in [0.15, 0.2) is 6.23 Å². The number of hydrogen-bond donors (Lipinski definition) is 1. The summed E-state index contributed by atoms with van der Waals surface area (Å²) >= 11 is 4.11. The van der Waals surface area contributed by atoms with Gasteiger partial charge in [0.25, 0.3) is 5.91 Å². The molecule has 1 unspecified atom stereocenters. The van der Waals surface area contributed by atoms with Gasteiger partial charge in [-0.2, -0.15) is 0 Å². The standard InChI is InChI=1S/C10H11NO2S/c1-2-9-11(14)10(12)7-5-3-4-6-8(7)13-9/h3-6,9,14H,2H2,1H3. The molecule has 1 aliphatic heterocycles. The number of thiol groups is 1. The summed E-state index contributed by atoms with van der Waals surface area (Å²) in [6, 6.07) is 7.21. The third-order valence-electron chi connectivity index (χ3n) is 2.21. The minimum atomic E-state index is -0.263. The predicted molar refractivity (Wildman–Crippen MR) is 56.3 cm³/mol. The highest BCUT2D eigenvalue weighted by atomic mass is 32.1. The summed E-state index contributed by atoms with van der Waals surface area (Å²) in [7, 11) is 0. The summed E-state index contributed by atoms with van der Waals surface area (Å²) in [4.78, 5) is 11.8. The summed E-state index contributed by atoms with van der Waals surface area (Å²) in [6.45, 7) is 1.95. The molecule has 1 aliphatic rings. The zero-order valence-corrected chi connectivity index (χ0v) is 8.70. The van der Waals surface area contributed by atoms with Gasteiger partial charge >= 0.3 is 0 Å². The van der Waals surface area contributed by atoms with Crippen molar-refractivity contribution in [2.24, 2.45) is 0 Å². The van der Waals surface area contributed by atoms with Crippen LogP contribution in [0.15, 0.2) is 24.3 Å². The van der Waals surface area contributed by atoms with Crippen LogP contribution in [0.1, 0.15) is 23.7 Å². The lowest BCUT2D eigenvalue weighted by atomic mass is 10.1. The van der Waals surface area contributed by atoms with Crippen molar-refractivity contribution in [3.8, 4) is 5.75 Å². The lowest BCUT2D eigenvalue weighted by Crippen LogP contribution is -2.41. The van der Waals surface area contributed by atoms with Crippen molar-refractivity contribution in [2.75, 3.05) is 0 Å². The number of carbonyl (C=O) groups excluding carboxylic acids is 1. The number of hydrogen-bond acceptors (Lipinski definition) is 3. The fourth-order valence-corrected chi connectivity index (χ4v) is 1.77. The molecular weight excluding hydrogens is 198 g/mol. The molecule has 14 heavy (non-hydrogen) atoms. The van der Waals surface area contributed by atoms with Gasteiger partial charge in [-0.1, -0.05) is 31.9 Å². The maximum atomic E-state index is 11.8. The summed E-state index contributed by atoms with van der Waals surface area (Å²) < 4.78 is 6.93. The molecular formula is C10H11NO2S. The van der Waals surface area contributed by atoms with Crippen molar-refractivity contribution in [3.63, 3.8) is 0 Å². The topological polar surface area (TPSA) is 29.5 Å². The molecule has 1 amide bonds. The number of rotatable bonds is 1. The van der Waals surface area contributed by atoms with Crippen LogP contribution in [0.3, 0.4) is 0 Å². The van der Waals surface area contributed by atoms with E-state index in [9.17, 15) is 4.79 Å². The first-order valence-corrected chi connectivity index (χ1v) is 4.92. The molecule has 0 bridgehead atoms. The normalized spacial score (nSPS) is 20.3. The van der Waals surface area contributed by atoms with Crippen LogP contribution in [0.5, 0.6) is 5.75 Å². The highest BCUT2D eigenvalue weighted by molar-refractivity contribution is 7.78. The third-order valence-corrected chi connectivity index (χ3v) is 2.65. The lowest BCUT2D eigenvalue weighted by molar-refractivity contribution is 0.0470. The average molecular weight is 209 g/mol. The van der Waals surface area contributed by atoms with Crippen LogP contribution in [0.4, 0.5) is 0 Å². The van der Waals surface area contributed by atoms with E-state index in [-0.39, 0.29) is 12.1 Å². The van der Waals surface area contributed by atoms with Gasteiger partial charge < -0.3 is 4.74 Å². The smallest absolute Gasteiger partial charge is 0.270 e. The Bertz CT molecular complexity index is 367. The summed E-state index contributed by atoms with van der Waals surface area (Å²) in [5, 5.41) is 0. The summed E-state index contributed by atoms with van der Waals surface area (Å²) in [5.74, 6) is 0.552. The van der Waals surface area contributed by atoms with E-state index in [2.05, 4.69) is 12.8 Å². The van der Waals surface area contributed by atoms with E-state index in [1.54, 1.807) is 12.1 Å². The lowest BCUT2D eigenvalue weighted by Gasteiger charge is -2.32. The molecule has 0 spiro atoms. The highest BCUT2D eigenvalue weighted by Crippen LogP contribution is 2.29. The van der Waals surface area contributed by atoms with Gasteiger partial charge in [-0.25, -0.2) is 4.31 Å². The van der Waals surface area contributed by atoms with Crippen molar-refractivity contribution < 1.29 is 9.53 Å². The first-order chi connectivity index (χ1) is 6.74. The Morgan fingerprint density at radius 3 is 2.93 bits per heavy atom. The molecule has 0 fully saturated rings. The van der Waals surface area contributed by atoms with E-state index in [4.69, 9.17) is 4.74 Å². The van der Waals surface area contributed by atoms with Crippen LogP contribution in [0, 0.1) is 0 Å². The molecule has 0 radical (unpaired) electrons. The molecule has 74 valence electrons. The molecule has 0 saturated carbocycles. The maximum Gasteiger partial charge on any atom is 0.270 e. The second kappa shape index (κ2) is 3.53. The molecule has 0 N–H and O–H groups in total. The van der Waals surface area contributed by atoms with Crippen molar-refractivity contribution in [3.05, 3.63) is 29.8 Å². The predicted octanol–water partition coefficient (Wildman–Crippen LogP) is 2.10. The number of benzene rings is 1. The van der Waals surface area contributed by atoms with Gasteiger partial charge in [-0.05, 0) is 12.1 Å². The van der Waals surface area contributed by atoms with E-state index >= 15 is 0 Å². The largest absolute Gasteiger partial charge is 0.469 e. The Kier molecular flexibility index (Phi) is 2.37. The van der Waals surface area contributed by atoms with Crippen molar-refractivity contribution in [1.29, 1.82) is 0 Å². The maximum absolute atomic E-state index is 11.8. The number of carbonyl (C=O) groups is 1. The SMILES string of the molecule is CCC1Oc2ccccc2C(=O)N1S. The molecule has 3 nitrogen and oxygen atoms in total. The number of para-hydroxylation sites is 1. The van der Waals surface area contributed by atoms with Gasteiger partial charge in [0.05, 0.1) is 5.56 Å². The van der Waals surface area contributed by atoms with E-state index in [1.807, 2.05) is 19.1 Å². The molecule has 2 rings (SSSR count). The van der Waals surface area contributed by atoms with Gasteiger partial charge in [-0.15, -0.1) is 0 Å². The van der Waals surface area contributed by atoms with Crippen LogP contribution < -0.4 is 4.74 Å². The summed E-state index contributed by atoms with van der Waals surface area (Å²) in [5.41, 5.74) is 0.576. The molecule has 0 saturated heterocycles. The Hall–Kier alpha value is -1.16. The molecule has 1 heterocycles. The van der Waals surface area contributed by atoms with Crippen LogP contribution in [0.25, 0.3) is 0 Å². The Morgan fingerprint density at radius 1 is 1.50 bits per heavy atom. The molecule has 0 aliphatic carbocycles. The van der Waals surface area contributed by atoms with E-state index in [0.717, 1.165) is 6.42 Å². The Labute approximate surface area is 88.2 Å². The molecule has 1 atom stereocenters. The Balaban J connectivity index is 2.42. The second-order valence-corrected chi connectivity index (χ2v) is 3.56. The fraction of sp³-hybridized carbons (Fsp3) is 0.300. The van der Waals surface area contributed by atoms with Crippen LogP contribution >= 0.6 is 12.8 Å². The van der Waals surface area contributed by atoms with Crippen molar-refractivity contribution >= 4 is 18.7 Å². The van der Waals surface area contributed by atoms with Gasteiger partial charge in [-0.3, -0.25) is 4.79 Å². The Morgan fingerprint density at radius 2 is 2.21 bits per heavy atom. The number of nitrogens with zero attached hydrogens (tertiary/aromatic N) is 1. The summed E-state index contributed by atoms with van der Waals surface area (Å²) in [6.07, 6.45) is 0.463. The first kappa shape index (κ1) is 9.40. The average Bonchev–Trinajstić information content (AvgIpc) is 2.23. The van der Waals surface area contributed by atoms with E-state index < -0.39 is 0 Å². The zero-order chi connectivity index (χ0) is 10.1. The van der Waals surface area contributed by atoms with E-state index in [1.165, 1.54) is 4.31 Å².